The maximum atomic E-state index is 13.5. The average Bonchev–Trinajstić information content (AvgIpc) is 2.67. The molecule has 0 aliphatic carbocycles. The fraction of sp³-hybridized carbons (Fsp3) is 0.889. The summed E-state index contributed by atoms with van der Waals surface area (Å²) in [7, 11) is -4.09. The van der Waals surface area contributed by atoms with Crippen molar-refractivity contribution in [2.45, 2.75) is 156 Å². The minimum absolute atomic E-state index is 0. The molecule has 0 aromatic carbocycles. The topological polar surface area (TPSA) is 51.2 Å². The first-order chi connectivity index (χ1) is 15.5. The van der Waals surface area contributed by atoms with Gasteiger partial charge in [-0.3, -0.25) is 0 Å². The third-order valence-corrected chi connectivity index (χ3v) is 10.6. The van der Waals surface area contributed by atoms with E-state index in [9.17, 15) is 12.6 Å². The van der Waals surface area contributed by atoms with Crippen LogP contribution in [0.15, 0.2) is 0 Å². The Bertz CT molecular complexity index is 411. The van der Waals surface area contributed by atoms with Crippen LogP contribution in [0.5, 0.6) is 0 Å². The van der Waals surface area contributed by atoms with E-state index in [0.717, 1.165) is 0 Å². The van der Waals surface area contributed by atoms with E-state index < -0.39 is 24.7 Å². The van der Waals surface area contributed by atoms with E-state index in [2.05, 4.69) is 0 Å². The molecule has 0 saturated carbocycles. The van der Waals surface area contributed by atoms with E-state index >= 15 is 0 Å². The summed E-state index contributed by atoms with van der Waals surface area (Å²) < 4.78 is 40.4. The molecule has 0 spiro atoms. The van der Waals surface area contributed by atoms with Gasteiger partial charge in [-0.2, -0.15) is 0 Å². The Morgan fingerprint density at radius 2 is 0.378 bits per heavy atom. The minimum Gasteiger partial charge on any atom is -0.307 e. The first-order valence-electron chi connectivity index (χ1n) is 11.7. The summed E-state index contributed by atoms with van der Waals surface area (Å²) in [5.41, 5.74) is 0. The zero-order valence-electron chi connectivity index (χ0n) is 27.2. The molecule has 37 heavy (non-hydrogen) atoms. The number of halogens is 3. The van der Waals surface area contributed by atoms with Gasteiger partial charge in [0.15, 0.2) is 0 Å². The van der Waals surface area contributed by atoms with Crippen LogP contribution >= 0.6 is 24.7 Å². The maximum Gasteiger partial charge on any atom is 0.106 e. The molecule has 0 rings (SSSR count). The molecular formula is C27H60F3MoO3P3. The quantitative estimate of drug-likeness (QED) is 0.189. The Morgan fingerprint density at radius 1 is 0.324 bits per heavy atom. The van der Waals surface area contributed by atoms with Gasteiger partial charge in [0.1, 0.15) is 20.4 Å². The van der Waals surface area contributed by atoms with Crippen LogP contribution < -0.4 is 0 Å². The van der Waals surface area contributed by atoms with E-state index in [1.54, 1.807) is 0 Å². The predicted molar refractivity (Wildman–Crippen MR) is 164 cm³/mol. The Hall–Kier alpha value is 0.778. The summed E-state index contributed by atoms with van der Waals surface area (Å²) in [6.07, 6.45) is 0. The maximum absolute atomic E-state index is 13.5. The molecule has 0 atom stereocenters. The summed E-state index contributed by atoms with van der Waals surface area (Å²) in [6.45, 7) is 41.3. The van der Waals surface area contributed by atoms with Crippen molar-refractivity contribution in [3.63, 3.8) is 0 Å². The van der Waals surface area contributed by atoms with Gasteiger partial charge >= 0.3 is 0 Å². The zero-order chi connectivity index (χ0) is 31.7. The summed E-state index contributed by atoms with van der Waals surface area (Å²) in [6, 6.07) is 0. The summed E-state index contributed by atoms with van der Waals surface area (Å²) >= 11 is 0. The monoisotopic (exact) mass is 680 g/mol. The Kier molecular flexibility index (Phi) is 32.8. The number of hydrogen-bond acceptors (Lipinski definition) is 3. The Balaban J connectivity index is -0.0000000651. The van der Waals surface area contributed by atoms with Crippen molar-refractivity contribution in [3.05, 3.63) is 0 Å². The van der Waals surface area contributed by atoms with Crippen LogP contribution in [0, 0.1) is 0 Å². The second-order valence-corrected chi connectivity index (χ2v) is 23.6. The van der Waals surface area contributed by atoms with Crippen molar-refractivity contribution in [3.8, 4) is 0 Å². The fourth-order valence-corrected chi connectivity index (χ4v) is 9.06. The second-order valence-electron chi connectivity index (χ2n) is 13.9. The summed E-state index contributed by atoms with van der Waals surface area (Å²) in [5, 5.41) is -0.955. The van der Waals surface area contributed by atoms with E-state index in [-0.39, 0.29) is 52.0 Å². The van der Waals surface area contributed by atoms with Crippen LogP contribution in [0.1, 0.15) is 125 Å². The molecule has 0 saturated heterocycles. The third kappa shape index (κ3) is 32.9. The largest absolute Gasteiger partial charge is 0.307 e. The standard InChI is InChI=1S/3C8H18FP.3CH2O.Mo/c3*1-7(2,3)10(9)8(4,5)6;3*1-2;/h3*1-6H3;3*1H2;. The van der Waals surface area contributed by atoms with Gasteiger partial charge in [0.2, 0.25) is 0 Å². The van der Waals surface area contributed by atoms with E-state index in [1.165, 1.54) is 0 Å². The second kappa shape index (κ2) is 22.5. The van der Waals surface area contributed by atoms with E-state index in [0.29, 0.717) is 0 Å². The molecule has 0 fully saturated rings. The molecule has 0 heterocycles. The van der Waals surface area contributed by atoms with Crippen LogP contribution in [0.3, 0.4) is 0 Å². The molecule has 0 aliphatic rings. The minimum atomic E-state index is -1.36. The van der Waals surface area contributed by atoms with Gasteiger partial charge in [-0.05, 0) is 0 Å². The van der Waals surface area contributed by atoms with Crippen LogP contribution in [-0.4, -0.2) is 51.3 Å². The molecule has 0 unspecified atom stereocenters. The summed E-state index contributed by atoms with van der Waals surface area (Å²) in [4.78, 5) is 24.0. The number of rotatable bonds is 0. The molecule has 0 aliphatic heterocycles. The predicted octanol–water partition coefficient (Wildman–Crippen LogP) is 11.3. The Labute approximate surface area is 247 Å². The third-order valence-electron chi connectivity index (χ3n) is 3.53. The molecule has 228 valence electrons. The normalized spacial score (nSPS) is 12.0. The van der Waals surface area contributed by atoms with Crippen molar-refractivity contribution in [2.24, 2.45) is 0 Å². The molecule has 10 heteroatoms. The molecule has 0 amide bonds. The van der Waals surface area contributed by atoms with E-state index in [4.69, 9.17) is 14.4 Å². The van der Waals surface area contributed by atoms with Crippen molar-refractivity contribution in [1.82, 2.24) is 0 Å². The first kappa shape index (κ1) is 53.9. The van der Waals surface area contributed by atoms with Gasteiger partial charge < -0.3 is 14.4 Å². The molecule has 0 radical (unpaired) electrons. The van der Waals surface area contributed by atoms with Crippen molar-refractivity contribution in [2.75, 3.05) is 0 Å². The summed E-state index contributed by atoms with van der Waals surface area (Å²) in [5.74, 6) is 0. The van der Waals surface area contributed by atoms with Gasteiger partial charge in [0.25, 0.3) is 0 Å². The molecule has 3 nitrogen and oxygen atoms in total. The van der Waals surface area contributed by atoms with Gasteiger partial charge in [-0.1, -0.05) is 125 Å². The number of carbonyl (C=O) groups excluding carboxylic acids is 3. The first-order valence-corrected chi connectivity index (χ1v) is 15.4. The van der Waals surface area contributed by atoms with Gasteiger partial charge in [-0.25, -0.2) is 12.6 Å². The molecule has 0 aromatic rings. The zero-order valence-corrected chi connectivity index (χ0v) is 31.9. The smallest absolute Gasteiger partial charge is 0.106 e. The molecule has 0 bridgehead atoms. The Morgan fingerprint density at radius 3 is 0.378 bits per heavy atom. The molecule has 0 aromatic heterocycles. The number of hydrogen-bond donors (Lipinski definition) is 0. The van der Waals surface area contributed by atoms with Crippen molar-refractivity contribution < 1.29 is 48.0 Å². The van der Waals surface area contributed by atoms with Gasteiger partial charge in [0, 0.05) is 52.0 Å². The number of carbonyl (C=O) groups is 3. The van der Waals surface area contributed by atoms with Crippen molar-refractivity contribution in [1.29, 1.82) is 0 Å². The van der Waals surface area contributed by atoms with Crippen LogP contribution in [0.25, 0.3) is 0 Å². The van der Waals surface area contributed by atoms with Crippen LogP contribution in [0.2, 0.25) is 0 Å². The van der Waals surface area contributed by atoms with Gasteiger partial charge in [0.05, 0.1) is 24.7 Å². The fourth-order valence-electron chi connectivity index (χ4n) is 3.02. The average molecular weight is 679 g/mol. The molecular weight excluding hydrogens is 618 g/mol. The van der Waals surface area contributed by atoms with Gasteiger partial charge in [-0.15, -0.1) is 0 Å². The van der Waals surface area contributed by atoms with E-state index in [1.807, 2.05) is 145 Å². The van der Waals surface area contributed by atoms with Crippen molar-refractivity contribution >= 4 is 45.1 Å². The SMILES string of the molecule is C=O.C=O.C=O.CC(C)(C)P(F)C(C)(C)C.CC(C)(C)P(F)C(C)(C)C.CC(C)(C)P(F)C(C)(C)C.[Mo]. The molecule has 0 N–H and O–H groups in total. The van der Waals surface area contributed by atoms with Crippen LogP contribution in [0.4, 0.5) is 12.6 Å². The van der Waals surface area contributed by atoms with Crippen LogP contribution in [-0.2, 0) is 35.4 Å².